The third kappa shape index (κ3) is 2.15. The van der Waals surface area contributed by atoms with Gasteiger partial charge in [0.2, 0.25) is 11.7 Å². The topological polar surface area (TPSA) is 64.9 Å². The Balaban J connectivity index is 2.39. The lowest BCUT2D eigenvalue weighted by atomic mass is 10.1. The van der Waals surface area contributed by atoms with Crippen LogP contribution in [-0.4, -0.2) is 10.1 Å². The molecule has 0 unspecified atom stereocenters. The van der Waals surface area contributed by atoms with Gasteiger partial charge in [0.15, 0.2) is 0 Å². The minimum atomic E-state index is -0.241. The molecule has 0 bridgehead atoms. The Morgan fingerprint density at radius 3 is 2.75 bits per heavy atom. The summed E-state index contributed by atoms with van der Waals surface area (Å²) in [6, 6.07) is 5.68. The van der Waals surface area contributed by atoms with Crippen LogP contribution in [0.25, 0.3) is 11.4 Å². The van der Waals surface area contributed by atoms with E-state index in [0.717, 1.165) is 10.0 Å². The van der Waals surface area contributed by atoms with Gasteiger partial charge in [0.1, 0.15) is 0 Å². The summed E-state index contributed by atoms with van der Waals surface area (Å²) in [6.45, 7) is 3.83. The molecule has 0 aliphatic rings. The van der Waals surface area contributed by atoms with E-state index in [-0.39, 0.29) is 6.04 Å². The van der Waals surface area contributed by atoms with Crippen molar-refractivity contribution in [3.8, 4) is 11.4 Å². The molecule has 0 fully saturated rings. The minimum Gasteiger partial charge on any atom is -0.337 e. The highest BCUT2D eigenvalue weighted by molar-refractivity contribution is 9.10. The van der Waals surface area contributed by atoms with Crippen LogP contribution in [0.4, 0.5) is 0 Å². The Hall–Kier alpha value is -1.20. The summed E-state index contributed by atoms with van der Waals surface area (Å²) in [4.78, 5) is 4.23. The summed E-state index contributed by atoms with van der Waals surface area (Å²) >= 11 is 3.47. The molecule has 0 radical (unpaired) electrons. The fourth-order valence-electron chi connectivity index (χ4n) is 1.27. The molecule has 0 aliphatic carbocycles. The van der Waals surface area contributed by atoms with E-state index in [2.05, 4.69) is 26.1 Å². The van der Waals surface area contributed by atoms with E-state index in [4.69, 9.17) is 10.3 Å². The van der Waals surface area contributed by atoms with Crippen molar-refractivity contribution in [3.63, 3.8) is 0 Å². The number of nitrogens with zero attached hydrogens (tertiary/aromatic N) is 2. The standard InChI is InChI=1S/C11H12BrN3O/c1-6-3-4-8(5-9(6)12)10-14-11(7(2)13)16-15-10/h3-5,7H,13H2,1-2H3/t7-/m0/s1. The van der Waals surface area contributed by atoms with Crippen molar-refractivity contribution in [2.75, 3.05) is 0 Å². The summed E-state index contributed by atoms with van der Waals surface area (Å²) in [7, 11) is 0. The lowest BCUT2D eigenvalue weighted by molar-refractivity contribution is 0.362. The number of hydrogen-bond donors (Lipinski definition) is 1. The molecule has 0 amide bonds. The van der Waals surface area contributed by atoms with Crippen LogP contribution in [-0.2, 0) is 0 Å². The smallest absolute Gasteiger partial charge is 0.243 e. The molecule has 0 saturated heterocycles. The van der Waals surface area contributed by atoms with Crippen molar-refractivity contribution >= 4 is 15.9 Å². The Labute approximate surface area is 102 Å². The van der Waals surface area contributed by atoms with Crippen molar-refractivity contribution in [3.05, 3.63) is 34.1 Å². The molecule has 5 heteroatoms. The molecule has 16 heavy (non-hydrogen) atoms. The Morgan fingerprint density at radius 2 is 2.19 bits per heavy atom. The van der Waals surface area contributed by atoms with E-state index >= 15 is 0 Å². The second-order valence-corrected chi connectivity index (χ2v) is 4.56. The molecule has 4 nitrogen and oxygen atoms in total. The largest absolute Gasteiger partial charge is 0.337 e. The Bertz CT molecular complexity index is 508. The molecule has 0 aliphatic heterocycles. The molecule has 0 spiro atoms. The van der Waals surface area contributed by atoms with Crippen molar-refractivity contribution in [1.29, 1.82) is 0 Å². The molecule has 2 aromatic rings. The fourth-order valence-corrected chi connectivity index (χ4v) is 1.65. The van der Waals surface area contributed by atoms with Crippen molar-refractivity contribution in [2.45, 2.75) is 19.9 Å². The fraction of sp³-hybridized carbons (Fsp3) is 0.273. The molecule has 2 N–H and O–H groups in total. The maximum atomic E-state index is 5.65. The first-order valence-electron chi connectivity index (χ1n) is 4.93. The van der Waals surface area contributed by atoms with Gasteiger partial charge in [0, 0.05) is 10.0 Å². The number of hydrogen-bond acceptors (Lipinski definition) is 4. The molecular formula is C11H12BrN3O. The Kier molecular flexibility index (Phi) is 3.07. The lowest BCUT2D eigenvalue weighted by Gasteiger charge is -1.99. The molecule has 1 heterocycles. The van der Waals surface area contributed by atoms with Gasteiger partial charge in [-0.2, -0.15) is 4.98 Å². The molecule has 84 valence electrons. The summed E-state index contributed by atoms with van der Waals surface area (Å²) in [5.74, 6) is 1.01. The number of rotatable bonds is 2. The maximum Gasteiger partial charge on any atom is 0.243 e. The van der Waals surface area contributed by atoms with Gasteiger partial charge in [-0.1, -0.05) is 33.2 Å². The first kappa shape index (κ1) is 11.3. The van der Waals surface area contributed by atoms with Crippen LogP contribution >= 0.6 is 15.9 Å². The highest BCUT2D eigenvalue weighted by atomic mass is 79.9. The lowest BCUT2D eigenvalue weighted by Crippen LogP contribution is -2.04. The van der Waals surface area contributed by atoms with Crippen LogP contribution in [0, 0.1) is 6.92 Å². The van der Waals surface area contributed by atoms with Crippen molar-refractivity contribution in [2.24, 2.45) is 5.73 Å². The number of aromatic nitrogens is 2. The molecule has 1 aromatic heterocycles. The zero-order valence-corrected chi connectivity index (χ0v) is 10.7. The molecule has 2 rings (SSSR count). The van der Waals surface area contributed by atoms with Gasteiger partial charge in [0.25, 0.3) is 0 Å². The quantitative estimate of drug-likeness (QED) is 0.919. The zero-order valence-electron chi connectivity index (χ0n) is 9.07. The van der Waals surface area contributed by atoms with E-state index in [1.54, 1.807) is 0 Å². The third-order valence-corrected chi connectivity index (χ3v) is 3.12. The van der Waals surface area contributed by atoms with E-state index < -0.39 is 0 Å². The van der Waals surface area contributed by atoms with Gasteiger partial charge in [-0.05, 0) is 25.5 Å². The van der Waals surface area contributed by atoms with Gasteiger partial charge in [-0.3, -0.25) is 0 Å². The summed E-state index contributed by atoms with van der Waals surface area (Å²) in [6.07, 6.45) is 0. The zero-order chi connectivity index (χ0) is 11.7. The van der Waals surface area contributed by atoms with Crippen LogP contribution in [0.2, 0.25) is 0 Å². The second-order valence-electron chi connectivity index (χ2n) is 3.71. The SMILES string of the molecule is Cc1ccc(-c2noc([C@H](C)N)n2)cc1Br. The second kappa shape index (κ2) is 4.35. The predicted molar refractivity (Wildman–Crippen MR) is 64.8 cm³/mol. The van der Waals surface area contributed by atoms with Crippen LogP contribution in [0.3, 0.4) is 0 Å². The number of aryl methyl sites for hydroxylation is 1. The third-order valence-electron chi connectivity index (χ3n) is 2.26. The van der Waals surface area contributed by atoms with Gasteiger partial charge >= 0.3 is 0 Å². The summed E-state index contributed by atoms with van der Waals surface area (Å²) in [5.41, 5.74) is 7.73. The van der Waals surface area contributed by atoms with Gasteiger partial charge < -0.3 is 10.3 Å². The van der Waals surface area contributed by atoms with E-state index in [1.807, 2.05) is 32.0 Å². The van der Waals surface area contributed by atoms with Gasteiger partial charge in [-0.25, -0.2) is 0 Å². The highest BCUT2D eigenvalue weighted by Crippen LogP contribution is 2.24. The van der Waals surface area contributed by atoms with Crippen molar-refractivity contribution < 1.29 is 4.52 Å². The monoisotopic (exact) mass is 281 g/mol. The Morgan fingerprint density at radius 1 is 1.44 bits per heavy atom. The highest BCUT2D eigenvalue weighted by Gasteiger charge is 2.12. The van der Waals surface area contributed by atoms with Crippen LogP contribution in [0.5, 0.6) is 0 Å². The summed E-state index contributed by atoms with van der Waals surface area (Å²) in [5, 5.41) is 3.89. The maximum absolute atomic E-state index is 5.65. The van der Waals surface area contributed by atoms with E-state index in [0.29, 0.717) is 11.7 Å². The van der Waals surface area contributed by atoms with E-state index in [9.17, 15) is 0 Å². The van der Waals surface area contributed by atoms with Crippen LogP contribution < -0.4 is 5.73 Å². The van der Waals surface area contributed by atoms with Gasteiger partial charge in [0.05, 0.1) is 6.04 Å². The number of halogens is 1. The molecule has 1 aromatic carbocycles. The average Bonchev–Trinajstić information content (AvgIpc) is 2.71. The van der Waals surface area contributed by atoms with Crippen LogP contribution in [0.15, 0.2) is 27.2 Å². The predicted octanol–water partition coefficient (Wildman–Crippen LogP) is 2.83. The normalized spacial score (nSPS) is 12.8. The molecule has 1 atom stereocenters. The van der Waals surface area contributed by atoms with Gasteiger partial charge in [-0.15, -0.1) is 0 Å². The first-order valence-corrected chi connectivity index (χ1v) is 5.73. The first-order chi connectivity index (χ1) is 7.58. The average molecular weight is 282 g/mol. The molecule has 0 saturated carbocycles. The summed E-state index contributed by atoms with van der Waals surface area (Å²) < 4.78 is 6.07. The number of nitrogens with two attached hydrogens (primary N) is 1. The van der Waals surface area contributed by atoms with Crippen molar-refractivity contribution in [1.82, 2.24) is 10.1 Å². The van der Waals surface area contributed by atoms with E-state index in [1.165, 1.54) is 5.56 Å². The van der Waals surface area contributed by atoms with Crippen LogP contribution in [0.1, 0.15) is 24.4 Å². The molecular weight excluding hydrogens is 270 g/mol. The number of benzene rings is 1. The minimum absolute atomic E-state index is 0.241.